The van der Waals surface area contributed by atoms with Gasteiger partial charge in [-0.3, -0.25) is 10.1 Å². The molecule has 2 rings (SSSR count). The molecule has 1 aromatic carbocycles. The summed E-state index contributed by atoms with van der Waals surface area (Å²) in [4.78, 5) is 10.6. The van der Waals surface area contributed by atoms with Crippen molar-refractivity contribution in [2.24, 2.45) is 7.05 Å². The van der Waals surface area contributed by atoms with Crippen molar-refractivity contribution in [3.05, 3.63) is 51.8 Å². The molecule has 1 aromatic heterocycles. The topological polar surface area (TPSA) is 68.3 Å². The maximum Gasteiger partial charge on any atom is 0.277 e. The van der Waals surface area contributed by atoms with E-state index in [0.717, 1.165) is 11.1 Å². The van der Waals surface area contributed by atoms with E-state index in [1.54, 1.807) is 22.8 Å². The Morgan fingerprint density at radius 2 is 2.06 bits per heavy atom. The van der Waals surface area contributed by atoms with Crippen molar-refractivity contribution >= 4 is 5.69 Å². The molecule has 5 heteroatoms. The Hall–Kier alpha value is -2.14. The van der Waals surface area contributed by atoms with Gasteiger partial charge >= 0.3 is 0 Å². The molecule has 0 unspecified atom stereocenters. The molecule has 0 aliphatic rings. The molecule has 2 aromatic rings. The number of para-hydroxylation sites is 1. The van der Waals surface area contributed by atoms with Crippen molar-refractivity contribution in [3.8, 4) is 11.1 Å². The lowest BCUT2D eigenvalue weighted by molar-refractivity contribution is -0.384. The Morgan fingerprint density at radius 3 is 2.67 bits per heavy atom. The van der Waals surface area contributed by atoms with Gasteiger partial charge in [0.15, 0.2) is 0 Å². The Balaban J connectivity index is 2.73. The summed E-state index contributed by atoms with van der Waals surface area (Å²) < 4.78 is 1.79. The molecule has 0 amide bonds. The number of aliphatic hydroxyl groups is 1. The lowest BCUT2D eigenvalue weighted by atomic mass is 10.0. The van der Waals surface area contributed by atoms with Gasteiger partial charge in [-0.25, -0.2) is 0 Å². The van der Waals surface area contributed by atoms with Crippen LogP contribution in [0.1, 0.15) is 11.3 Å². The summed E-state index contributed by atoms with van der Waals surface area (Å²) in [7, 11) is 1.82. The van der Waals surface area contributed by atoms with E-state index in [9.17, 15) is 15.2 Å². The fourth-order valence-electron chi connectivity index (χ4n) is 2.24. The second kappa shape index (κ2) is 4.62. The van der Waals surface area contributed by atoms with Crippen LogP contribution in [0.4, 0.5) is 5.69 Å². The largest absolute Gasteiger partial charge is 0.390 e. The zero-order chi connectivity index (χ0) is 13.3. The molecule has 0 radical (unpaired) electrons. The van der Waals surface area contributed by atoms with E-state index >= 15 is 0 Å². The highest BCUT2D eigenvalue weighted by molar-refractivity contribution is 5.78. The predicted molar refractivity (Wildman–Crippen MR) is 68.2 cm³/mol. The van der Waals surface area contributed by atoms with E-state index in [1.807, 2.05) is 20.2 Å². The molecule has 0 aliphatic heterocycles. The van der Waals surface area contributed by atoms with Crippen molar-refractivity contribution in [2.45, 2.75) is 13.5 Å². The minimum atomic E-state index is -0.400. The first-order valence-corrected chi connectivity index (χ1v) is 5.55. The minimum absolute atomic E-state index is 0.0569. The Bertz CT molecular complexity index is 602. The van der Waals surface area contributed by atoms with Gasteiger partial charge in [-0.2, -0.15) is 0 Å². The van der Waals surface area contributed by atoms with Crippen molar-refractivity contribution < 1.29 is 10.0 Å². The van der Waals surface area contributed by atoms with Gasteiger partial charge in [0.05, 0.1) is 22.8 Å². The summed E-state index contributed by atoms with van der Waals surface area (Å²) in [6.07, 6.45) is 1.86. The van der Waals surface area contributed by atoms with Gasteiger partial charge < -0.3 is 9.67 Å². The average molecular weight is 246 g/mol. The quantitative estimate of drug-likeness (QED) is 0.668. The van der Waals surface area contributed by atoms with Crippen LogP contribution in [0.15, 0.2) is 30.5 Å². The van der Waals surface area contributed by atoms with Crippen LogP contribution in [-0.2, 0) is 13.7 Å². The molecule has 0 bridgehead atoms. The summed E-state index contributed by atoms with van der Waals surface area (Å²) in [6, 6.07) is 6.58. The van der Waals surface area contributed by atoms with Crippen LogP contribution < -0.4 is 0 Å². The van der Waals surface area contributed by atoms with Crippen molar-refractivity contribution in [1.29, 1.82) is 0 Å². The van der Waals surface area contributed by atoms with Crippen LogP contribution in [0, 0.1) is 17.0 Å². The highest BCUT2D eigenvalue weighted by atomic mass is 16.6. The molecule has 1 N–H and O–H groups in total. The minimum Gasteiger partial charge on any atom is -0.390 e. The van der Waals surface area contributed by atoms with Gasteiger partial charge in [-0.05, 0) is 18.6 Å². The average Bonchev–Trinajstić information content (AvgIpc) is 2.63. The zero-order valence-electron chi connectivity index (χ0n) is 10.3. The summed E-state index contributed by atoms with van der Waals surface area (Å²) in [5.74, 6) is 0. The van der Waals surface area contributed by atoms with E-state index in [4.69, 9.17) is 0 Å². The van der Waals surface area contributed by atoms with Crippen molar-refractivity contribution in [1.82, 2.24) is 4.57 Å². The number of nitrogens with zero attached hydrogens (tertiary/aromatic N) is 2. The van der Waals surface area contributed by atoms with Crippen LogP contribution in [0.2, 0.25) is 0 Å². The maximum absolute atomic E-state index is 11.0. The Kier molecular flexibility index (Phi) is 3.16. The lowest BCUT2D eigenvalue weighted by Crippen LogP contribution is -1.98. The number of nitro benzene ring substituents is 1. The fraction of sp³-hybridized carbons (Fsp3) is 0.231. The molecule has 0 spiro atoms. The molecule has 0 aliphatic carbocycles. The van der Waals surface area contributed by atoms with Crippen LogP contribution in [0.3, 0.4) is 0 Å². The molecule has 0 saturated carbocycles. The molecular formula is C13H14N2O3. The van der Waals surface area contributed by atoms with Crippen molar-refractivity contribution in [2.75, 3.05) is 0 Å². The first kappa shape index (κ1) is 12.3. The second-order valence-electron chi connectivity index (χ2n) is 4.18. The molecule has 0 fully saturated rings. The van der Waals surface area contributed by atoms with Crippen LogP contribution in [-0.4, -0.2) is 14.6 Å². The van der Waals surface area contributed by atoms with E-state index in [1.165, 1.54) is 6.07 Å². The van der Waals surface area contributed by atoms with Gasteiger partial charge in [0, 0.05) is 24.9 Å². The first-order chi connectivity index (χ1) is 8.56. The summed E-state index contributed by atoms with van der Waals surface area (Å²) >= 11 is 0. The SMILES string of the molecule is Cc1cn(C)c(CO)c1-c1ccccc1[N+](=O)[O-]. The normalized spacial score (nSPS) is 10.6. The highest BCUT2D eigenvalue weighted by Gasteiger charge is 2.20. The van der Waals surface area contributed by atoms with Gasteiger partial charge in [0.25, 0.3) is 5.69 Å². The van der Waals surface area contributed by atoms with E-state index in [-0.39, 0.29) is 12.3 Å². The number of hydrogen-bond donors (Lipinski definition) is 1. The molecule has 0 saturated heterocycles. The third-order valence-electron chi connectivity index (χ3n) is 3.02. The molecule has 1 heterocycles. The maximum atomic E-state index is 11.0. The van der Waals surface area contributed by atoms with Crippen LogP contribution in [0.5, 0.6) is 0 Å². The van der Waals surface area contributed by atoms with E-state index in [2.05, 4.69) is 0 Å². The summed E-state index contributed by atoms with van der Waals surface area (Å²) in [5, 5.41) is 20.5. The monoisotopic (exact) mass is 246 g/mol. The highest BCUT2D eigenvalue weighted by Crippen LogP contribution is 2.35. The van der Waals surface area contributed by atoms with Crippen molar-refractivity contribution in [3.63, 3.8) is 0 Å². The second-order valence-corrected chi connectivity index (χ2v) is 4.18. The van der Waals surface area contributed by atoms with Crippen LogP contribution >= 0.6 is 0 Å². The zero-order valence-corrected chi connectivity index (χ0v) is 10.3. The Morgan fingerprint density at radius 1 is 1.39 bits per heavy atom. The van der Waals surface area contributed by atoms with E-state index < -0.39 is 4.92 Å². The standard InChI is InChI=1S/C13H14N2O3/c1-9-7-14(2)12(8-16)13(9)10-5-3-4-6-11(10)15(17)18/h3-7,16H,8H2,1-2H3. The van der Waals surface area contributed by atoms with Crippen LogP contribution in [0.25, 0.3) is 11.1 Å². The Labute approximate surface area is 104 Å². The number of aliphatic hydroxyl groups excluding tert-OH is 1. The number of nitro groups is 1. The third kappa shape index (κ3) is 1.89. The molecule has 18 heavy (non-hydrogen) atoms. The number of hydrogen-bond acceptors (Lipinski definition) is 3. The van der Waals surface area contributed by atoms with Gasteiger partial charge in [-0.15, -0.1) is 0 Å². The van der Waals surface area contributed by atoms with E-state index in [0.29, 0.717) is 11.3 Å². The summed E-state index contributed by atoms with van der Waals surface area (Å²) in [5.41, 5.74) is 2.94. The number of aromatic nitrogens is 1. The molecule has 94 valence electrons. The lowest BCUT2D eigenvalue weighted by Gasteiger charge is -2.06. The molecule has 5 nitrogen and oxygen atoms in total. The number of aryl methyl sites for hydroxylation is 2. The van der Waals surface area contributed by atoms with Gasteiger partial charge in [0.1, 0.15) is 0 Å². The van der Waals surface area contributed by atoms with Gasteiger partial charge in [0.2, 0.25) is 0 Å². The first-order valence-electron chi connectivity index (χ1n) is 5.55. The van der Waals surface area contributed by atoms with Gasteiger partial charge in [-0.1, -0.05) is 12.1 Å². The summed E-state index contributed by atoms with van der Waals surface area (Å²) in [6.45, 7) is 1.73. The molecular weight excluding hydrogens is 232 g/mol. The number of benzene rings is 1. The third-order valence-corrected chi connectivity index (χ3v) is 3.02. The smallest absolute Gasteiger partial charge is 0.277 e. The fourth-order valence-corrected chi connectivity index (χ4v) is 2.24. The molecule has 0 atom stereocenters. The predicted octanol–water partition coefficient (Wildman–Crippen LogP) is 2.40. The number of rotatable bonds is 3.